The molecule has 0 saturated carbocycles. The molecule has 1 saturated heterocycles. The fourth-order valence-electron chi connectivity index (χ4n) is 3.58. The van der Waals surface area contributed by atoms with E-state index in [1.165, 1.54) is 12.3 Å². The second kappa shape index (κ2) is 9.97. The Morgan fingerprint density at radius 3 is 2.47 bits per heavy atom. The van der Waals surface area contributed by atoms with Crippen molar-refractivity contribution in [2.45, 2.75) is 51.9 Å². The van der Waals surface area contributed by atoms with Gasteiger partial charge in [-0.15, -0.1) is 0 Å². The van der Waals surface area contributed by atoms with E-state index < -0.39 is 12.2 Å². The van der Waals surface area contributed by atoms with Gasteiger partial charge in [-0.05, 0) is 39.7 Å². The number of carbonyl (C=O) groups is 1. The largest absolute Gasteiger partial charge is 0.494 e. The van der Waals surface area contributed by atoms with E-state index in [0.717, 1.165) is 5.69 Å². The number of anilines is 2. The zero-order valence-electron chi connectivity index (χ0n) is 18.6. The van der Waals surface area contributed by atoms with Gasteiger partial charge in [0.05, 0.1) is 25.2 Å². The van der Waals surface area contributed by atoms with E-state index in [-0.39, 0.29) is 18.0 Å². The van der Waals surface area contributed by atoms with Crippen LogP contribution in [0.5, 0.6) is 11.6 Å². The number of aromatic nitrogens is 2. The Morgan fingerprint density at radius 1 is 1.19 bits per heavy atom. The minimum atomic E-state index is -2.94. The maximum absolute atomic E-state index is 12.5. The molecule has 0 unspecified atom stereocenters. The van der Waals surface area contributed by atoms with Crippen molar-refractivity contribution in [2.24, 2.45) is 0 Å². The van der Waals surface area contributed by atoms with E-state index in [1.54, 1.807) is 36.5 Å². The van der Waals surface area contributed by atoms with Gasteiger partial charge in [-0.25, -0.2) is 9.78 Å². The number of ether oxygens (including phenoxy) is 3. The molecule has 0 spiro atoms. The highest BCUT2D eigenvalue weighted by Crippen LogP contribution is 2.37. The van der Waals surface area contributed by atoms with Crippen LogP contribution in [0.1, 0.15) is 33.6 Å². The Labute approximate surface area is 186 Å². The maximum Gasteiger partial charge on any atom is 0.410 e. The third kappa shape index (κ3) is 5.95. The van der Waals surface area contributed by atoms with Crippen molar-refractivity contribution >= 4 is 17.5 Å². The molecule has 8 nitrogen and oxygen atoms in total. The smallest absolute Gasteiger partial charge is 0.410 e. The lowest BCUT2D eigenvalue weighted by molar-refractivity contribution is -0.0528. The van der Waals surface area contributed by atoms with Crippen LogP contribution < -0.4 is 14.4 Å². The van der Waals surface area contributed by atoms with Crippen LogP contribution >= 0.6 is 0 Å². The van der Waals surface area contributed by atoms with Gasteiger partial charge in [0.1, 0.15) is 17.0 Å². The molecule has 174 valence electrons. The number of methoxy groups -OCH3 is 1. The normalized spacial score (nSPS) is 14.9. The molecule has 0 aromatic carbocycles. The lowest BCUT2D eigenvalue weighted by atomic mass is 10.0. The molecule has 1 aliphatic rings. The first kappa shape index (κ1) is 23.5. The molecule has 0 aliphatic carbocycles. The topological polar surface area (TPSA) is 77.0 Å². The molecule has 1 aliphatic heterocycles. The summed E-state index contributed by atoms with van der Waals surface area (Å²) in [6.45, 7) is 3.59. The fourth-order valence-corrected chi connectivity index (χ4v) is 3.58. The summed E-state index contributed by atoms with van der Waals surface area (Å²) in [6.07, 6.45) is 5.77. The van der Waals surface area contributed by atoms with Crippen molar-refractivity contribution in [1.82, 2.24) is 14.9 Å². The Balaban J connectivity index is 1.84. The molecule has 0 N–H and O–H groups in total. The Morgan fingerprint density at radius 2 is 1.91 bits per heavy atom. The van der Waals surface area contributed by atoms with Gasteiger partial charge in [0.2, 0.25) is 5.88 Å². The summed E-state index contributed by atoms with van der Waals surface area (Å²) in [5.41, 5.74) is 0.834. The van der Waals surface area contributed by atoms with E-state index in [4.69, 9.17) is 9.47 Å². The van der Waals surface area contributed by atoms with Crippen molar-refractivity contribution in [3.8, 4) is 11.6 Å². The number of amides is 1. The minimum absolute atomic E-state index is 0.00421. The number of hydrogen-bond donors (Lipinski definition) is 0. The third-order valence-electron chi connectivity index (χ3n) is 4.93. The number of alkyl halides is 2. The highest BCUT2D eigenvalue weighted by atomic mass is 19.3. The summed E-state index contributed by atoms with van der Waals surface area (Å²) in [5, 5.41) is 0. The monoisotopic (exact) mass is 450 g/mol. The molecule has 2 aromatic rings. The van der Waals surface area contributed by atoms with E-state index >= 15 is 0 Å². The molecule has 32 heavy (non-hydrogen) atoms. The average molecular weight is 450 g/mol. The van der Waals surface area contributed by atoms with Crippen LogP contribution in [0, 0.1) is 0 Å². The number of carbonyl (C=O) groups excluding carboxylic acids is 1. The van der Waals surface area contributed by atoms with Crippen molar-refractivity contribution in [2.75, 3.05) is 25.1 Å². The van der Waals surface area contributed by atoms with E-state index in [1.807, 2.05) is 25.7 Å². The predicted octanol–water partition coefficient (Wildman–Crippen LogP) is 4.62. The minimum Gasteiger partial charge on any atom is -0.494 e. The van der Waals surface area contributed by atoms with Gasteiger partial charge >= 0.3 is 12.7 Å². The molecule has 0 bridgehead atoms. The number of hydrogen-bond acceptors (Lipinski definition) is 7. The summed E-state index contributed by atoms with van der Waals surface area (Å²) >= 11 is 0. The molecule has 0 atom stereocenters. The van der Waals surface area contributed by atoms with Gasteiger partial charge < -0.3 is 24.0 Å². The first-order valence-electron chi connectivity index (χ1n) is 10.3. The van der Waals surface area contributed by atoms with E-state index in [2.05, 4.69) is 14.7 Å². The summed E-state index contributed by atoms with van der Waals surface area (Å²) in [4.78, 5) is 24.4. The molecule has 3 heterocycles. The Bertz CT molecular complexity index is 898. The molecule has 1 fully saturated rings. The Hall–Kier alpha value is -3.17. The fraction of sp³-hybridized carbons (Fsp3) is 0.500. The van der Waals surface area contributed by atoms with Crippen LogP contribution in [-0.2, 0) is 4.74 Å². The van der Waals surface area contributed by atoms with Crippen molar-refractivity contribution in [1.29, 1.82) is 0 Å². The van der Waals surface area contributed by atoms with Crippen molar-refractivity contribution < 1.29 is 27.8 Å². The van der Waals surface area contributed by atoms with Gasteiger partial charge in [-0.2, -0.15) is 8.78 Å². The molecule has 3 rings (SSSR count). The lowest BCUT2D eigenvalue weighted by Gasteiger charge is -2.40. The first-order chi connectivity index (χ1) is 15.2. The van der Waals surface area contributed by atoms with E-state index in [0.29, 0.717) is 37.4 Å². The van der Waals surface area contributed by atoms with Crippen LogP contribution in [0.15, 0.2) is 36.8 Å². The lowest BCUT2D eigenvalue weighted by Crippen LogP contribution is -2.47. The standard InChI is InChI=1S/C22H28F2N4O4/c1-22(2,3)32-21(29)27-11-8-15(9-12-27)28(17-14-25-10-7-18(17)30-4)16-5-6-19(26-13-16)31-20(23)24/h5-7,10,13-15,20H,8-9,11-12H2,1-4H3. The molecule has 10 heteroatoms. The second-order valence-electron chi connectivity index (χ2n) is 8.35. The molecule has 2 aromatic heterocycles. The number of rotatable bonds is 6. The van der Waals surface area contributed by atoms with Crippen LogP contribution in [0.2, 0.25) is 0 Å². The molecular formula is C22H28F2N4O4. The molecular weight excluding hydrogens is 422 g/mol. The second-order valence-corrected chi connectivity index (χ2v) is 8.35. The summed E-state index contributed by atoms with van der Waals surface area (Å²) in [5.74, 6) is 0.448. The van der Waals surface area contributed by atoms with Crippen LogP contribution in [-0.4, -0.2) is 59.4 Å². The third-order valence-corrected chi connectivity index (χ3v) is 4.93. The first-order valence-corrected chi connectivity index (χ1v) is 10.3. The van der Waals surface area contributed by atoms with Gasteiger partial charge in [0.15, 0.2) is 0 Å². The van der Waals surface area contributed by atoms with Crippen LogP contribution in [0.4, 0.5) is 25.0 Å². The van der Waals surface area contributed by atoms with E-state index in [9.17, 15) is 13.6 Å². The predicted molar refractivity (Wildman–Crippen MR) is 115 cm³/mol. The zero-order valence-corrected chi connectivity index (χ0v) is 18.6. The SMILES string of the molecule is COc1ccncc1N(c1ccc(OC(F)F)nc1)C1CCN(C(=O)OC(C)(C)C)CC1. The Kier molecular flexibility index (Phi) is 7.32. The average Bonchev–Trinajstić information content (AvgIpc) is 2.74. The van der Waals surface area contributed by atoms with Crippen molar-refractivity contribution in [3.05, 3.63) is 36.8 Å². The van der Waals surface area contributed by atoms with Gasteiger partial charge in [0, 0.05) is 37.5 Å². The highest BCUT2D eigenvalue weighted by molar-refractivity contribution is 5.70. The molecule has 1 amide bonds. The number of likely N-dealkylation sites (tertiary alicyclic amines) is 1. The summed E-state index contributed by atoms with van der Waals surface area (Å²) in [6, 6.07) is 4.81. The van der Waals surface area contributed by atoms with Gasteiger partial charge in [-0.3, -0.25) is 4.98 Å². The number of pyridine rings is 2. The summed E-state index contributed by atoms with van der Waals surface area (Å²) in [7, 11) is 1.57. The maximum atomic E-state index is 12.5. The number of halogens is 2. The quantitative estimate of drug-likeness (QED) is 0.635. The number of piperidine rings is 1. The van der Waals surface area contributed by atoms with Crippen molar-refractivity contribution in [3.63, 3.8) is 0 Å². The van der Waals surface area contributed by atoms with Gasteiger partial charge in [0.25, 0.3) is 0 Å². The zero-order chi connectivity index (χ0) is 23.3. The summed E-state index contributed by atoms with van der Waals surface area (Å²) < 4.78 is 40.4. The van der Waals surface area contributed by atoms with Crippen LogP contribution in [0.3, 0.4) is 0 Å². The van der Waals surface area contributed by atoms with Gasteiger partial charge in [-0.1, -0.05) is 0 Å². The van der Waals surface area contributed by atoms with Crippen LogP contribution in [0.25, 0.3) is 0 Å². The highest BCUT2D eigenvalue weighted by Gasteiger charge is 2.31. The number of nitrogens with zero attached hydrogens (tertiary/aromatic N) is 4. The molecule has 0 radical (unpaired) electrons.